The first-order chi connectivity index (χ1) is 9.05. The van der Waals surface area contributed by atoms with Crippen LogP contribution in [0.2, 0.25) is 0 Å². The number of ether oxygens (including phenoxy) is 2. The lowest BCUT2D eigenvalue weighted by atomic mass is 10.4. The highest BCUT2D eigenvalue weighted by Gasteiger charge is 2.20. The molecule has 0 aliphatic heterocycles. The van der Waals surface area contributed by atoms with Crippen molar-refractivity contribution in [2.24, 2.45) is 5.84 Å². The summed E-state index contributed by atoms with van der Waals surface area (Å²) in [5.74, 6) is 5.26. The number of pyridine rings is 1. The predicted molar refractivity (Wildman–Crippen MR) is 69.9 cm³/mol. The Morgan fingerprint density at radius 3 is 2.79 bits per heavy atom. The van der Waals surface area contributed by atoms with Gasteiger partial charge >= 0.3 is 0 Å². The second-order valence-electron chi connectivity index (χ2n) is 3.68. The van der Waals surface area contributed by atoms with Crippen LogP contribution in [0.15, 0.2) is 23.4 Å². The van der Waals surface area contributed by atoms with E-state index in [4.69, 9.17) is 15.3 Å². The van der Waals surface area contributed by atoms with Gasteiger partial charge in [0.1, 0.15) is 4.90 Å². The Balaban J connectivity index is 2.81. The number of anilines is 1. The minimum atomic E-state index is -3.72. The molecule has 4 N–H and O–H groups in total. The summed E-state index contributed by atoms with van der Waals surface area (Å²) in [6.45, 7) is 0.375. The van der Waals surface area contributed by atoms with Crippen LogP contribution in [0.5, 0.6) is 0 Å². The van der Waals surface area contributed by atoms with Crippen LogP contribution in [0, 0.1) is 0 Å². The molecule has 8 nitrogen and oxygen atoms in total. The summed E-state index contributed by atoms with van der Waals surface area (Å²) in [6, 6.07) is 1.47. The van der Waals surface area contributed by atoms with Gasteiger partial charge in [0.05, 0.1) is 18.4 Å². The number of nitrogens with zero attached hydrogens (tertiary/aromatic N) is 1. The van der Waals surface area contributed by atoms with E-state index in [1.165, 1.54) is 32.7 Å². The Morgan fingerprint density at radius 1 is 1.47 bits per heavy atom. The van der Waals surface area contributed by atoms with Gasteiger partial charge in [-0.1, -0.05) is 0 Å². The van der Waals surface area contributed by atoms with Gasteiger partial charge < -0.3 is 14.9 Å². The van der Waals surface area contributed by atoms with Gasteiger partial charge in [0.25, 0.3) is 0 Å². The van der Waals surface area contributed by atoms with E-state index in [0.29, 0.717) is 0 Å². The van der Waals surface area contributed by atoms with Crippen molar-refractivity contribution < 1.29 is 17.9 Å². The monoisotopic (exact) mass is 290 g/mol. The SMILES string of the molecule is COCC(CNS(=O)(=O)c1cnccc1NN)OC. The average molecular weight is 290 g/mol. The lowest BCUT2D eigenvalue weighted by molar-refractivity contribution is 0.0320. The summed E-state index contributed by atoms with van der Waals surface area (Å²) >= 11 is 0. The van der Waals surface area contributed by atoms with Gasteiger partial charge in [-0.2, -0.15) is 0 Å². The Morgan fingerprint density at radius 2 is 2.21 bits per heavy atom. The molecule has 0 radical (unpaired) electrons. The third-order valence-corrected chi connectivity index (χ3v) is 3.87. The van der Waals surface area contributed by atoms with E-state index >= 15 is 0 Å². The van der Waals surface area contributed by atoms with Gasteiger partial charge in [0, 0.05) is 33.2 Å². The van der Waals surface area contributed by atoms with Crippen molar-refractivity contribution in [1.82, 2.24) is 9.71 Å². The van der Waals surface area contributed by atoms with Gasteiger partial charge in [0.2, 0.25) is 10.0 Å². The molecule has 1 aromatic rings. The maximum atomic E-state index is 12.1. The normalized spacial score (nSPS) is 13.2. The number of nitrogens with one attached hydrogen (secondary N) is 2. The fourth-order valence-corrected chi connectivity index (χ4v) is 2.57. The van der Waals surface area contributed by atoms with Crippen LogP contribution in [0.4, 0.5) is 5.69 Å². The quantitative estimate of drug-likeness (QED) is 0.428. The highest BCUT2D eigenvalue weighted by molar-refractivity contribution is 7.89. The first-order valence-corrected chi connectivity index (χ1v) is 6.95. The summed E-state index contributed by atoms with van der Waals surface area (Å²) < 4.78 is 36.6. The number of sulfonamides is 1. The van der Waals surface area contributed by atoms with Crippen molar-refractivity contribution >= 4 is 15.7 Å². The molecule has 0 aliphatic rings. The van der Waals surface area contributed by atoms with Crippen molar-refractivity contribution in [2.75, 3.05) is 32.8 Å². The Kier molecular flexibility index (Phi) is 6.12. The largest absolute Gasteiger partial charge is 0.382 e. The molecule has 0 saturated heterocycles. The van der Waals surface area contributed by atoms with E-state index in [9.17, 15) is 8.42 Å². The molecule has 0 saturated carbocycles. The van der Waals surface area contributed by atoms with Gasteiger partial charge in [-0.25, -0.2) is 13.1 Å². The molecule has 9 heteroatoms. The smallest absolute Gasteiger partial charge is 0.244 e. The second-order valence-corrected chi connectivity index (χ2v) is 5.42. The lowest BCUT2D eigenvalue weighted by Crippen LogP contribution is -2.36. The van der Waals surface area contributed by atoms with E-state index in [1.54, 1.807) is 0 Å². The first kappa shape index (κ1) is 15.8. The van der Waals surface area contributed by atoms with Crippen LogP contribution in [0.25, 0.3) is 0 Å². The summed E-state index contributed by atoms with van der Waals surface area (Å²) in [7, 11) is -0.724. The molecule has 0 aliphatic carbocycles. The maximum Gasteiger partial charge on any atom is 0.244 e. The van der Waals surface area contributed by atoms with Crippen LogP contribution in [0.1, 0.15) is 0 Å². The number of nitrogens with two attached hydrogens (primary N) is 1. The summed E-state index contributed by atoms with van der Waals surface area (Å²) in [5.41, 5.74) is 2.58. The van der Waals surface area contributed by atoms with Crippen LogP contribution in [-0.2, 0) is 19.5 Å². The molecule has 1 rings (SSSR count). The number of rotatable bonds is 8. The van der Waals surface area contributed by atoms with Crippen LogP contribution in [0.3, 0.4) is 0 Å². The van der Waals surface area contributed by atoms with Crippen molar-refractivity contribution in [3.05, 3.63) is 18.5 Å². The van der Waals surface area contributed by atoms with E-state index in [0.717, 1.165) is 0 Å². The molecule has 1 atom stereocenters. The van der Waals surface area contributed by atoms with Crippen molar-refractivity contribution in [3.63, 3.8) is 0 Å². The number of methoxy groups -OCH3 is 2. The molecule has 1 heterocycles. The maximum absolute atomic E-state index is 12.1. The molecule has 0 spiro atoms. The molecule has 0 amide bonds. The standard InChI is InChI=1S/C10H18N4O4S/c1-17-7-8(18-2)5-13-19(15,16)10-6-12-4-3-9(10)14-11/h3-4,6,8,13H,5,7,11H2,1-2H3,(H,12,14). The van der Waals surface area contributed by atoms with Gasteiger partial charge in [-0.15, -0.1) is 0 Å². The van der Waals surface area contributed by atoms with Gasteiger partial charge in [-0.3, -0.25) is 10.8 Å². The Bertz CT molecular complexity index is 494. The molecule has 0 bridgehead atoms. The zero-order valence-electron chi connectivity index (χ0n) is 10.8. The summed E-state index contributed by atoms with van der Waals surface area (Å²) in [5, 5.41) is 0. The van der Waals surface area contributed by atoms with Gasteiger partial charge in [-0.05, 0) is 6.07 Å². The Labute approximate surface area is 112 Å². The van der Waals surface area contributed by atoms with Crippen LogP contribution >= 0.6 is 0 Å². The predicted octanol–water partition coefficient (Wildman–Crippen LogP) is -0.693. The van der Waals surface area contributed by atoms with Crippen LogP contribution in [-0.4, -0.2) is 46.9 Å². The van der Waals surface area contributed by atoms with Gasteiger partial charge in [0.15, 0.2) is 0 Å². The average Bonchev–Trinajstić information content (AvgIpc) is 2.43. The minimum absolute atomic E-state index is 0.0234. The van der Waals surface area contributed by atoms with E-state index in [-0.39, 0.29) is 29.8 Å². The zero-order chi connectivity index (χ0) is 14.3. The molecule has 19 heavy (non-hydrogen) atoms. The molecule has 0 aromatic carbocycles. The van der Waals surface area contributed by atoms with Crippen molar-refractivity contribution in [1.29, 1.82) is 0 Å². The van der Waals surface area contributed by atoms with Crippen molar-refractivity contribution in [2.45, 2.75) is 11.0 Å². The molecule has 1 unspecified atom stereocenters. The third-order valence-electron chi connectivity index (χ3n) is 2.42. The number of hydrogen-bond donors (Lipinski definition) is 3. The molecule has 108 valence electrons. The molecule has 1 aromatic heterocycles. The van der Waals surface area contributed by atoms with E-state index in [1.807, 2.05) is 0 Å². The highest BCUT2D eigenvalue weighted by atomic mass is 32.2. The molecule has 0 fully saturated rings. The fourth-order valence-electron chi connectivity index (χ4n) is 1.39. The summed E-state index contributed by atoms with van der Waals surface area (Å²) in [4.78, 5) is 3.75. The summed E-state index contributed by atoms with van der Waals surface area (Å²) in [6.07, 6.45) is 2.29. The number of hydrazine groups is 1. The molecular weight excluding hydrogens is 272 g/mol. The topological polar surface area (TPSA) is 116 Å². The number of aromatic nitrogens is 1. The zero-order valence-corrected chi connectivity index (χ0v) is 11.6. The van der Waals surface area contributed by atoms with Crippen LogP contribution < -0.4 is 16.0 Å². The Hall–Kier alpha value is -1.26. The lowest BCUT2D eigenvalue weighted by Gasteiger charge is -2.16. The second kappa shape index (κ2) is 7.36. The van der Waals surface area contributed by atoms with E-state index in [2.05, 4.69) is 15.1 Å². The van der Waals surface area contributed by atoms with Crippen molar-refractivity contribution in [3.8, 4) is 0 Å². The fraction of sp³-hybridized carbons (Fsp3) is 0.500. The minimum Gasteiger partial charge on any atom is -0.382 e. The first-order valence-electron chi connectivity index (χ1n) is 5.47. The van der Waals surface area contributed by atoms with E-state index < -0.39 is 10.0 Å². The third kappa shape index (κ3) is 4.40. The molecular formula is C10H18N4O4S. The number of nitrogen functional groups attached to an aromatic ring is 1. The highest BCUT2D eigenvalue weighted by Crippen LogP contribution is 2.17. The number of hydrogen-bond acceptors (Lipinski definition) is 7.